The maximum atomic E-state index is 14.0. The van der Waals surface area contributed by atoms with Crippen molar-refractivity contribution in [3.8, 4) is 0 Å². The van der Waals surface area contributed by atoms with Crippen LogP contribution < -0.4 is 16.0 Å². The number of nitrogens with one attached hydrogen (secondary N) is 4. The van der Waals surface area contributed by atoms with Gasteiger partial charge in [0.15, 0.2) is 0 Å². The Morgan fingerprint density at radius 1 is 0.863 bits per heavy atom. The van der Waals surface area contributed by atoms with Crippen molar-refractivity contribution in [2.75, 3.05) is 7.05 Å². The molecule has 4 rings (SSSR count). The van der Waals surface area contributed by atoms with Crippen molar-refractivity contribution in [3.05, 3.63) is 30.1 Å². The van der Waals surface area contributed by atoms with Crippen LogP contribution in [0.2, 0.25) is 0 Å². The fourth-order valence-corrected chi connectivity index (χ4v) is 6.84. The molecule has 51 heavy (non-hydrogen) atoms. The van der Waals surface area contributed by atoms with E-state index in [4.69, 9.17) is 19.8 Å². The predicted octanol–water partition coefficient (Wildman–Crippen LogP) is 6.34. The van der Waals surface area contributed by atoms with Crippen molar-refractivity contribution in [3.63, 3.8) is 0 Å². The van der Waals surface area contributed by atoms with Crippen LogP contribution in [0.1, 0.15) is 90.0 Å². The number of halogens is 6. The van der Waals surface area contributed by atoms with Crippen LogP contribution in [0.25, 0.3) is 11.0 Å². The predicted molar refractivity (Wildman–Crippen MR) is 176 cm³/mol. The van der Waals surface area contributed by atoms with Gasteiger partial charge in [0.2, 0.25) is 11.8 Å². The minimum Gasteiger partial charge on any atom is -0.475 e. The van der Waals surface area contributed by atoms with Crippen LogP contribution in [-0.2, 0) is 25.7 Å². The van der Waals surface area contributed by atoms with Crippen molar-refractivity contribution in [2.45, 2.75) is 115 Å². The summed E-state index contributed by atoms with van der Waals surface area (Å²) in [5.41, 5.74) is 1.81. The normalized spacial score (nSPS) is 17.6. The van der Waals surface area contributed by atoms with Gasteiger partial charge in [-0.05, 0) is 48.4 Å². The highest BCUT2D eigenvalue weighted by Gasteiger charge is 2.42. The molecule has 2 heterocycles. The maximum absolute atomic E-state index is 14.0. The second-order valence-corrected chi connectivity index (χ2v) is 13.1. The van der Waals surface area contributed by atoms with Crippen LogP contribution >= 0.6 is 0 Å². The maximum Gasteiger partial charge on any atom is 0.490 e. The van der Waals surface area contributed by atoms with Gasteiger partial charge in [-0.25, -0.2) is 14.6 Å². The SMILES string of the molecule is CCC(C)[C@H](NC)C(=O)N[C@@H](C(=O)NCc1cnc2[nH]ccc2c1)C(C1CCCCC1)C1CCCCC1.O=C(O)C(F)(F)F.O=C(O)C(F)(F)F. The van der Waals surface area contributed by atoms with E-state index in [9.17, 15) is 35.9 Å². The molecule has 2 aliphatic carbocycles. The lowest BCUT2D eigenvalue weighted by Gasteiger charge is -2.42. The van der Waals surface area contributed by atoms with Crippen LogP contribution in [0.4, 0.5) is 26.3 Å². The van der Waals surface area contributed by atoms with Crippen molar-refractivity contribution < 1.29 is 55.7 Å². The molecule has 0 saturated heterocycles. The summed E-state index contributed by atoms with van der Waals surface area (Å²) in [6.07, 6.45) is 6.54. The molecule has 0 aromatic carbocycles. The van der Waals surface area contributed by atoms with Gasteiger partial charge in [0, 0.05) is 24.3 Å². The van der Waals surface area contributed by atoms with Gasteiger partial charge >= 0.3 is 24.3 Å². The summed E-state index contributed by atoms with van der Waals surface area (Å²) >= 11 is 0. The fraction of sp³-hybridized carbons (Fsp3) is 0.676. The van der Waals surface area contributed by atoms with Gasteiger partial charge in [-0.1, -0.05) is 84.5 Å². The lowest BCUT2D eigenvalue weighted by atomic mass is 9.66. The molecule has 6 N–H and O–H groups in total. The molecule has 2 aromatic rings. The van der Waals surface area contributed by atoms with E-state index in [1.54, 1.807) is 0 Å². The number of pyridine rings is 1. The highest BCUT2D eigenvalue weighted by molar-refractivity contribution is 5.90. The summed E-state index contributed by atoms with van der Waals surface area (Å²) in [6, 6.07) is 3.24. The van der Waals surface area contributed by atoms with Crippen molar-refractivity contribution in [1.82, 2.24) is 25.9 Å². The lowest BCUT2D eigenvalue weighted by molar-refractivity contribution is -0.193. The summed E-state index contributed by atoms with van der Waals surface area (Å²) in [5, 5.41) is 25.0. The summed E-state index contributed by atoms with van der Waals surface area (Å²) in [5.74, 6) is -4.27. The average molecular weight is 738 g/mol. The number of likely N-dealkylation sites (N-methyl/N-ethyl adjacent to an activating group) is 1. The van der Waals surface area contributed by atoms with E-state index in [1.165, 1.54) is 38.5 Å². The molecular formula is C34H49F6N5O6. The van der Waals surface area contributed by atoms with Gasteiger partial charge in [0.1, 0.15) is 11.7 Å². The number of nitrogens with zero attached hydrogens (tertiary/aromatic N) is 1. The largest absolute Gasteiger partial charge is 0.490 e. The molecule has 2 aliphatic rings. The van der Waals surface area contributed by atoms with E-state index in [-0.39, 0.29) is 29.7 Å². The van der Waals surface area contributed by atoms with Crippen LogP contribution in [-0.4, -0.2) is 75.4 Å². The third-order valence-electron chi connectivity index (χ3n) is 9.57. The molecule has 2 saturated carbocycles. The first kappa shape index (κ1) is 43.3. The Kier molecular flexibility index (Phi) is 17.2. The van der Waals surface area contributed by atoms with E-state index in [2.05, 4.69) is 45.8 Å². The zero-order valence-electron chi connectivity index (χ0n) is 29.0. The van der Waals surface area contributed by atoms with Gasteiger partial charge in [0.05, 0.1) is 6.04 Å². The van der Waals surface area contributed by atoms with Crippen LogP contribution in [0.15, 0.2) is 24.5 Å². The number of fused-ring (bicyclic) bond motifs is 1. The number of hydrogen-bond donors (Lipinski definition) is 6. The van der Waals surface area contributed by atoms with E-state index in [0.29, 0.717) is 18.4 Å². The minimum atomic E-state index is -5.08. The number of hydrogen-bond acceptors (Lipinski definition) is 6. The first-order valence-corrected chi connectivity index (χ1v) is 17.2. The molecule has 288 valence electrons. The number of amides is 2. The first-order chi connectivity index (χ1) is 23.9. The van der Waals surface area contributed by atoms with E-state index in [0.717, 1.165) is 48.7 Å². The number of carboxylic acids is 2. The van der Waals surface area contributed by atoms with Gasteiger partial charge in [0.25, 0.3) is 0 Å². The molecule has 11 nitrogen and oxygen atoms in total. The summed E-state index contributed by atoms with van der Waals surface area (Å²) in [7, 11) is 1.84. The van der Waals surface area contributed by atoms with Gasteiger partial charge in [-0.3, -0.25) is 9.59 Å². The molecule has 0 aliphatic heterocycles. The number of aromatic nitrogens is 2. The topological polar surface area (TPSA) is 174 Å². The fourth-order valence-electron chi connectivity index (χ4n) is 6.84. The Bertz CT molecular complexity index is 1360. The summed E-state index contributed by atoms with van der Waals surface area (Å²) in [6.45, 7) is 4.61. The highest BCUT2D eigenvalue weighted by Crippen LogP contribution is 2.42. The lowest BCUT2D eigenvalue weighted by Crippen LogP contribution is -2.58. The van der Waals surface area contributed by atoms with Crippen LogP contribution in [0.3, 0.4) is 0 Å². The van der Waals surface area contributed by atoms with Gasteiger partial charge in [-0.2, -0.15) is 26.3 Å². The molecule has 2 aromatic heterocycles. The van der Waals surface area contributed by atoms with Gasteiger partial charge in [-0.15, -0.1) is 0 Å². The second kappa shape index (κ2) is 20.2. The van der Waals surface area contributed by atoms with Crippen molar-refractivity contribution in [1.29, 1.82) is 0 Å². The number of rotatable bonds is 11. The number of carbonyl (C=O) groups excluding carboxylic acids is 2. The molecule has 0 spiro atoms. The monoisotopic (exact) mass is 737 g/mol. The van der Waals surface area contributed by atoms with Crippen molar-refractivity contribution in [2.24, 2.45) is 23.7 Å². The van der Waals surface area contributed by atoms with E-state index in [1.807, 2.05) is 25.5 Å². The Morgan fingerprint density at radius 3 is 1.78 bits per heavy atom. The number of aliphatic carboxylic acids is 2. The number of aromatic amines is 1. The number of H-pyrrole nitrogens is 1. The number of alkyl halides is 6. The second-order valence-electron chi connectivity index (χ2n) is 13.1. The molecule has 3 atom stereocenters. The number of carboxylic acid groups (broad SMARTS) is 2. The molecule has 1 unspecified atom stereocenters. The third kappa shape index (κ3) is 14.0. The van der Waals surface area contributed by atoms with Crippen LogP contribution in [0.5, 0.6) is 0 Å². The Hall–Kier alpha value is -3.89. The molecule has 17 heteroatoms. The molecule has 2 amide bonds. The molecule has 2 fully saturated rings. The highest BCUT2D eigenvalue weighted by atomic mass is 19.4. The zero-order valence-corrected chi connectivity index (χ0v) is 29.0. The van der Waals surface area contributed by atoms with E-state index < -0.39 is 30.3 Å². The Labute approximate surface area is 292 Å². The van der Waals surface area contributed by atoms with Crippen LogP contribution in [0, 0.1) is 23.7 Å². The smallest absolute Gasteiger partial charge is 0.475 e. The minimum absolute atomic E-state index is 0.0518. The van der Waals surface area contributed by atoms with E-state index >= 15 is 0 Å². The first-order valence-electron chi connectivity index (χ1n) is 17.2. The molecule has 0 radical (unpaired) electrons. The third-order valence-corrected chi connectivity index (χ3v) is 9.57. The summed E-state index contributed by atoms with van der Waals surface area (Å²) in [4.78, 5) is 52.9. The quantitative estimate of drug-likeness (QED) is 0.145. The standard InChI is InChI=1S/C30H47N5O2.2C2HF3O2/c1-4-20(2)26(31-3)30(37)35-27(25(22-11-7-5-8-12-22)23-13-9-6-10-14-23)29(36)34-19-21-17-24-15-16-32-28(24)33-18-21;2*3-2(4,5)1(6)7/h15-18,20,22-23,25-27,31H,4-14,19H2,1-3H3,(H,32,33)(H,34,36)(H,35,37);2*(H,6,7)/t20?,26-,27+;;/m0../s1. The Morgan fingerprint density at radius 2 is 1.35 bits per heavy atom. The number of carbonyl (C=O) groups is 4. The van der Waals surface area contributed by atoms with Gasteiger partial charge < -0.3 is 31.1 Å². The Balaban J connectivity index is 0.000000543. The zero-order chi connectivity index (χ0) is 38.4. The molecule has 0 bridgehead atoms. The van der Waals surface area contributed by atoms with Crippen molar-refractivity contribution >= 4 is 34.8 Å². The summed E-state index contributed by atoms with van der Waals surface area (Å²) < 4.78 is 63.5. The average Bonchev–Trinajstić information content (AvgIpc) is 3.56. The molecular weight excluding hydrogens is 688 g/mol.